The van der Waals surface area contributed by atoms with Crippen LogP contribution in [0.5, 0.6) is 0 Å². The second kappa shape index (κ2) is 9.12. The molecule has 0 bridgehead atoms. The average Bonchev–Trinajstić information content (AvgIpc) is 2.55. The number of hydrogen-bond acceptors (Lipinski definition) is 1. The minimum atomic E-state index is 0.149. The van der Waals surface area contributed by atoms with Crippen molar-refractivity contribution in [3.8, 4) is 0 Å². The summed E-state index contributed by atoms with van der Waals surface area (Å²) in [7, 11) is 0. The Bertz CT molecular complexity index is 555. The molecule has 0 radical (unpaired) electrons. The van der Waals surface area contributed by atoms with Gasteiger partial charge in [-0.3, -0.25) is 4.79 Å². The fourth-order valence-electron chi connectivity index (χ4n) is 2.25. The molecule has 0 heterocycles. The Morgan fingerprint density at radius 1 is 0.857 bits per heavy atom. The Morgan fingerprint density at radius 2 is 1.43 bits per heavy atom. The van der Waals surface area contributed by atoms with Crippen LogP contribution >= 0.6 is 0 Å². The molecule has 1 nitrogen and oxygen atoms in total. The Labute approximate surface area is 129 Å². The normalized spacial score (nSPS) is 9.71. The zero-order valence-electron chi connectivity index (χ0n) is 13.6. The van der Waals surface area contributed by atoms with E-state index >= 15 is 0 Å². The molecule has 0 saturated carbocycles. The van der Waals surface area contributed by atoms with Crippen LogP contribution in [0.25, 0.3) is 0 Å². The SMILES string of the molecule is CC.CCc1cc(CCc2ccccc2)cc(C(C)=O)c1. The maximum Gasteiger partial charge on any atom is 0.159 e. The van der Waals surface area contributed by atoms with Crippen molar-refractivity contribution >= 4 is 5.78 Å². The first-order chi connectivity index (χ1) is 10.2. The number of ketones is 1. The largest absolute Gasteiger partial charge is 0.295 e. The van der Waals surface area contributed by atoms with E-state index in [9.17, 15) is 4.79 Å². The van der Waals surface area contributed by atoms with Gasteiger partial charge in [-0.25, -0.2) is 0 Å². The molecule has 0 aliphatic heterocycles. The van der Waals surface area contributed by atoms with E-state index < -0.39 is 0 Å². The first-order valence-electron chi connectivity index (χ1n) is 7.86. The topological polar surface area (TPSA) is 17.1 Å². The molecule has 112 valence electrons. The number of aryl methyl sites for hydroxylation is 3. The zero-order valence-corrected chi connectivity index (χ0v) is 13.6. The number of Topliss-reactive ketones (excluding diaryl/α,β-unsaturated/α-hetero) is 1. The first kappa shape index (κ1) is 17.2. The first-order valence-corrected chi connectivity index (χ1v) is 7.86. The van der Waals surface area contributed by atoms with E-state index in [0.717, 1.165) is 24.8 Å². The highest BCUT2D eigenvalue weighted by Crippen LogP contribution is 2.14. The van der Waals surface area contributed by atoms with Gasteiger partial charge in [-0.05, 0) is 55.0 Å². The summed E-state index contributed by atoms with van der Waals surface area (Å²) in [4.78, 5) is 11.5. The smallest absolute Gasteiger partial charge is 0.159 e. The predicted octanol–water partition coefficient (Wildman–Crippen LogP) is 5.26. The molecule has 21 heavy (non-hydrogen) atoms. The van der Waals surface area contributed by atoms with Crippen molar-refractivity contribution in [2.75, 3.05) is 0 Å². The summed E-state index contributed by atoms with van der Waals surface area (Å²) < 4.78 is 0. The van der Waals surface area contributed by atoms with E-state index in [1.54, 1.807) is 6.92 Å². The summed E-state index contributed by atoms with van der Waals surface area (Å²) in [6, 6.07) is 16.7. The maximum absolute atomic E-state index is 11.5. The number of carbonyl (C=O) groups is 1. The van der Waals surface area contributed by atoms with Crippen LogP contribution in [0.2, 0.25) is 0 Å². The van der Waals surface area contributed by atoms with Crippen LogP contribution in [0.4, 0.5) is 0 Å². The van der Waals surface area contributed by atoms with E-state index in [2.05, 4.69) is 37.3 Å². The maximum atomic E-state index is 11.5. The fourth-order valence-corrected chi connectivity index (χ4v) is 2.25. The van der Waals surface area contributed by atoms with E-state index in [4.69, 9.17) is 0 Å². The van der Waals surface area contributed by atoms with Crippen LogP contribution < -0.4 is 0 Å². The van der Waals surface area contributed by atoms with Gasteiger partial charge in [0.25, 0.3) is 0 Å². The third-order valence-electron chi connectivity index (χ3n) is 3.41. The second-order valence-corrected chi connectivity index (χ2v) is 4.93. The van der Waals surface area contributed by atoms with Crippen molar-refractivity contribution in [3.05, 3.63) is 70.8 Å². The molecule has 0 atom stereocenters. The fraction of sp³-hybridized carbons (Fsp3) is 0.350. The van der Waals surface area contributed by atoms with Gasteiger partial charge in [-0.15, -0.1) is 0 Å². The standard InChI is InChI=1S/C18H20O.C2H6/c1-3-15-11-17(13-18(12-15)14(2)19)10-9-16-7-5-4-6-8-16;1-2/h4-8,11-13H,3,9-10H2,1-2H3;1-2H3. The molecule has 0 unspecified atom stereocenters. The van der Waals surface area contributed by atoms with E-state index in [1.165, 1.54) is 16.7 Å². The highest BCUT2D eigenvalue weighted by atomic mass is 16.1. The van der Waals surface area contributed by atoms with E-state index in [0.29, 0.717) is 0 Å². The van der Waals surface area contributed by atoms with Gasteiger partial charge in [0.15, 0.2) is 5.78 Å². The Kier molecular flexibility index (Phi) is 7.45. The van der Waals surface area contributed by atoms with Gasteiger partial charge in [0.05, 0.1) is 0 Å². The van der Waals surface area contributed by atoms with Crippen molar-refractivity contribution in [1.29, 1.82) is 0 Å². The van der Waals surface area contributed by atoms with Gasteiger partial charge in [-0.2, -0.15) is 0 Å². The Hall–Kier alpha value is -1.89. The molecule has 0 fully saturated rings. The average molecular weight is 282 g/mol. The summed E-state index contributed by atoms with van der Waals surface area (Å²) in [6.45, 7) is 7.76. The lowest BCUT2D eigenvalue weighted by Gasteiger charge is -2.07. The van der Waals surface area contributed by atoms with Crippen LogP contribution in [-0.2, 0) is 19.3 Å². The molecule has 2 aromatic rings. The van der Waals surface area contributed by atoms with Gasteiger partial charge in [0.1, 0.15) is 0 Å². The summed E-state index contributed by atoms with van der Waals surface area (Å²) in [6.07, 6.45) is 2.98. The molecule has 0 saturated heterocycles. The predicted molar refractivity (Wildman–Crippen MR) is 91.0 cm³/mol. The third kappa shape index (κ3) is 5.55. The van der Waals surface area contributed by atoms with Crippen LogP contribution in [0.15, 0.2) is 48.5 Å². The monoisotopic (exact) mass is 282 g/mol. The molecule has 0 amide bonds. The molecular formula is C20H26O. The van der Waals surface area contributed by atoms with Crippen molar-refractivity contribution in [3.63, 3.8) is 0 Å². The van der Waals surface area contributed by atoms with Gasteiger partial charge in [-0.1, -0.05) is 57.2 Å². The molecule has 1 heteroatoms. The molecule has 0 spiro atoms. The number of rotatable bonds is 5. The summed E-state index contributed by atoms with van der Waals surface area (Å²) in [5.74, 6) is 0.149. The highest BCUT2D eigenvalue weighted by molar-refractivity contribution is 5.94. The van der Waals surface area contributed by atoms with Gasteiger partial charge in [0.2, 0.25) is 0 Å². The lowest BCUT2D eigenvalue weighted by molar-refractivity contribution is 0.101. The third-order valence-corrected chi connectivity index (χ3v) is 3.41. The highest BCUT2D eigenvalue weighted by Gasteiger charge is 2.04. The lowest BCUT2D eigenvalue weighted by atomic mass is 9.97. The lowest BCUT2D eigenvalue weighted by Crippen LogP contribution is -1.99. The Balaban J connectivity index is 0.00000106. The van der Waals surface area contributed by atoms with Gasteiger partial charge in [0, 0.05) is 5.56 Å². The quantitative estimate of drug-likeness (QED) is 0.683. The van der Waals surface area contributed by atoms with Crippen molar-refractivity contribution in [2.24, 2.45) is 0 Å². The minimum Gasteiger partial charge on any atom is -0.295 e. The minimum absolute atomic E-state index is 0.149. The van der Waals surface area contributed by atoms with Gasteiger partial charge < -0.3 is 0 Å². The van der Waals surface area contributed by atoms with Crippen LogP contribution in [0.1, 0.15) is 54.7 Å². The molecule has 0 aliphatic carbocycles. The summed E-state index contributed by atoms with van der Waals surface area (Å²) >= 11 is 0. The van der Waals surface area contributed by atoms with Crippen molar-refractivity contribution in [2.45, 2.75) is 47.0 Å². The van der Waals surface area contributed by atoms with Crippen LogP contribution in [0, 0.1) is 0 Å². The molecule has 0 aromatic heterocycles. The molecule has 2 aromatic carbocycles. The van der Waals surface area contributed by atoms with Crippen LogP contribution in [-0.4, -0.2) is 5.78 Å². The Morgan fingerprint density at radius 3 is 2.00 bits per heavy atom. The van der Waals surface area contributed by atoms with Crippen LogP contribution in [0.3, 0.4) is 0 Å². The molecule has 2 rings (SSSR count). The molecule has 0 aliphatic rings. The molecule has 0 N–H and O–H groups in total. The zero-order chi connectivity index (χ0) is 15.7. The summed E-state index contributed by atoms with van der Waals surface area (Å²) in [5.41, 5.74) is 4.68. The number of benzene rings is 2. The van der Waals surface area contributed by atoms with E-state index in [1.807, 2.05) is 32.0 Å². The van der Waals surface area contributed by atoms with Crippen molar-refractivity contribution < 1.29 is 4.79 Å². The van der Waals surface area contributed by atoms with E-state index in [-0.39, 0.29) is 5.78 Å². The second-order valence-electron chi connectivity index (χ2n) is 4.93. The van der Waals surface area contributed by atoms with Gasteiger partial charge >= 0.3 is 0 Å². The molecular weight excluding hydrogens is 256 g/mol. The number of hydrogen-bond donors (Lipinski definition) is 0. The van der Waals surface area contributed by atoms with Crippen molar-refractivity contribution in [1.82, 2.24) is 0 Å². The summed E-state index contributed by atoms with van der Waals surface area (Å²) in [5, 5.41) is 0. The number of carbonyl (C=O) groups excluding carboxylic acids is 1.